The quantitative estimate of drug-likeness (QED) is 0.754. The monoisotopic (exact) mass is 410 g/mol. The minimum absolute atomic E-state index is 0.00771. The molecule has 30 heavy (non-hydrogen) atoms. The molecule has 3 atom stereocenters. The van der Waals surface area contributed by atoms with Gasteiger partial charge < -0.3 is 24.4 Å². The molecule has 0 radical (unpaired) electrons. The van der Waals surface area contributed by atoms with Crippen LogP contribution in [0.4, 0.5) is 5.69 Å². The zero-order valence-electron chi connectivity index (χ0n) is 17.7. The van der Waals surface area contributed by atoms with Gasteiger partial charge in [-0.2, -0.15) is 0 Å². The van der Waals surface area contributed by atoms with Gasteiger partial charge in [0.2, 0.25) is 5.91 Å². The third-order valence-electron chi connectivity index (χ3n) is 5.64. The molecule has 2 aromatic rings. The van der Waals surface area contributed by atoms with E-state index >= 15 is 0 Å². The first kappa shape index (κ1) is 20.5. The fraction of sp³-hybridized carbons (Fsp3) is 0.458. The first-order chi connectivity index (χ1) is 14.6. The average molecular weight is 411 g/mol. The van der Waals surface area contributed by atoms with Gasteiger partial charge in [-0.05, 0) is 48.9 Å². The predicted octanol–water partition coefficient (Wildman–Crippen LogP) is 3.71. The number of amides is 1. The van der Waals surface area contributed by atoms with Crippen molar-refractivity contribution in [3.8, 4) is 11.5 Å². The summed E-state index contributed by atoms with van der Waals surface area (Å²) in [5, 5.41) is 2.90. The number of hydrogen-bond acceptors (Lipinski definition) is 5. The zero-order chi connectivity index (χ0) is 20.9. The third kappa shape index (κ3) is 5.25. The van der Waals surface area contributed by atoms with E-state index in [1.54, 1.807) is 0 Å². The topological polar surface area (TPSA) is 60.0 Å². The maximum atomic E-state index is 11.2. The molecule has 1 amide bonds. The lowest BCUT2D eigenvalue weighted by molar-refractivity contribution is -0.119. The Morgan fingerprint density at radius 3 is 2.33 bits per heavy atom. The van der Waals surface area contributed by atoms with E-state index in [9.17, 15) is 4.79 Å². The molecule has 6 heteroatoms. The normalized spacial score (nSPS) is 22.0. The Morgan fingerprint density at radius 1 is 1.03 bits per heavy atom. The highest BCUT2D eigenvalue weighted by atomic mass is 16.5. The minimum atomic E-state index is -0.0268. The Bertz CT molecular complexity index is 831. The lowest BCUT2D eigenvalue weighted by atomic mass is 10.1. The number of carbonyl (C=O) groups is 1. The van der Waals surface area contributed by atoms with Crippen molar-refractivity contribution >= 4 is 11.6 Å². The van der Waals surface area contributed by atoms with Gasteiger partial charge in [-0.25, -0.2) is 0 Å². The van der Waals surface area contributed by atoms with E-state index in [1.165, 1.54) is 12.6 Å². The highest BCUT2D eigenvalue weighted by Gasteiger charge is 2.24. The van der Waals surface area contributed by atoms with Crippen molar-refractivity contribution in [1.82, 2.24) is 5.32 Å². The van der Waals surface area contributed by atoms with Gasteiger partial charge in [-0.1, -0.05) is 12.1 Å². The van der Waals surface area contributed by atoms with Crippen molar-refractivity contribution in [3.05, 3.63) is 54.1 Å². The van der Waals surface area contributed by atoms with Gasteiger partial charge in [-0.15, -0.1) is 0 Å². The Kier molecular flexibility index (Phi) is 6.43. The summed E-state index contributed by atoms with van der Waals surface area (Å²) in [7, 11) is 0. The van der Waals surface area contributed by atoms with Crippen LogP contribution >= 0.6 is 0 Å². The molecule has 6 nitrogen and oxygen atoms in total. The minimum Gasteiger partial charge on any atom is -0.489 e. The predicted molar refractivity (Wildman–Crippen MR) is 116 cm³/mol. The van der Waals surface area contributed by atoms with Crippen LogP contribution in [0.5, 0.6) is 11.5 Å². The van der Waals surface area contributed by atoms with E-state index in [2.05, 4.69) is 22.3 Å². The van der Waals surface area contributed by atoms with Crippen LogP contribution in [0, 0.1) is 0 Å². The second-order valence-electron chi connectivity index (χ2n) is 8.06. The number of carbonyl (C=O) groups excluding carboxylic acids is 1. The first-order valence-corrected chi connectivity index (χ1v) is 10.7. The maximum Gasteiger partial charge on any atom is 0.217 e. The van der Waals surface area contributed by atoms with E-state index in [0.717, 1.165) is 49.6 Å². The smallest absolute Gasteiger partial charge is 0.217 e. The van der Waals surface area contributed by atoms with Crippen molar-refractivity contribution in [2.45, 2.75) is 44.9 Å². The van der Waals surface area contributed by atoms with Gasteiger partial charge in [0.05, 0.1) is 25.8 Å². The van der Waals surface area contributed by atoms with E-state index in [0.29, 0.717) is 6.61 Å². The van der Waals surface area contributed by atoms with Crippen LogP contribution in [0.15, 0.2) is 48.5 Å². The molecule has 1 unspecified atom stereocenters. The van der Waals surface area contributed by atoms with Crippen molar-refractivity contribution in [3.63, 3.8) is 0 Å². The van der Waals surface area contributed by atoms with Gasteiger partial charge in [-0.3, -0.25) is 4.79 Å². The molecule has 2 saturated heterocycles. The average Bonchev–Trinajstić information content (AvgIpc) is 3.41. The third-order valence-corrected chi connectivity index (χ3v) is 5.64. The molecular weight excluding hydrogens is 380 g/mol. The molecule has 2 aromatic carbocycles. The second-order valence-corrected chi connectivity index (χ2v) is 8.06. The Hall–Kier alpha value is -2.73. The molecule has 2 fully saturated rings. The number of rotatable bonds is 7. The lowest BCUT2D eigenvalue weighted by Gasteiger charge is -2.20. The summed E-state index contributed by atoms with van der Waals surface area (Å²) in [6, 6.07) is 16.3. The summed E-state index contributed by atoms with van der Waals surface area (Å²) in [5.74, 6) is 1.74. The molecule has 1 N–H and O–H groups in total. The molecule has 2 heterocycles. The molecule has 0 bridgehead atoms. The summed E-state index contributed by atoms with van der Waals surface area (Å²) in [6.45, 7) is 6.81. The van der Waals surface area contributed by atoms with Gasteiger partial charge in [0.15, 0.2) is 0 Å². The van der Waals surface area contributed by atoms with E-state index in [1.807, 2.05) is 43.3 Å². The van der Waals surface area contributed by atoms with Crippen molar-refractivity contribution in [2.75, 3.05) is 31.2 Å². The SMILES string of the molecule is CC(=O)N[C@@H](C)c1ccc(OC2CCN(c3ccc(O[C@@H]4CCOC4)cc3)C2)cc1. The molecule has 0 spiro atoms. The highest BCUT2D eigenvalue weighted by molar-refractivity contribution is 5.73. The molecule has 0 saturated carbocycles. The molecule has 160 valence electrons. The number of nitrogens with zero attached hydrogens (tertiary/aromatic N) is 1. The van der Waals surface area contributed by atoms with Gasteiger partial charge in [0.25, 0.3) is 0 Å². The zero-order valence-corrected chi connectivity index (χ0v) is 17.7. The molecular formula is C24H30N2O4. The maximum absolute atomic E-state index is 11.2. The van der Waals surface area contributed by atoms with Gasteiger partial charge >= 0.3 is 0 Å². The summed E-state index contributed by atoms with van der Waals surface area (Å²) in [5.41, 5.74) is 2.26. The fourth-order valence-corrected chi connectivity index (χ4v) is 4.01. The molecule has 2 aliphatic rings. The Morgan fingerprint density at radius 2 is 1.70 bits per heavy atom. The number of hydrogen-bond donors (Lipinski definition) is 1. The summed E-state index contributed by atoms with van der Waals surface area (Å²) >= 11 is 0. The Balaban J connectivity index is 1.28. The summed E-state index contributed by atoms with van der Waals surface area (Å²) in [4.78, 5) is 13.6. The van der Waals surface area contributed by atoms with Crippen molar-refractivity contribution in [2.24, 2.45) is 0 Å². The second kappa shape index (κ2) is 9.39. The van der Waals surface area contributed by atoms with Gasteiger partial charge in [0, 0.05) is 32.0 Å². The van der Waals surface area contributed by atoms with E-state index < -0.39 is 0 Å². The van der Waals surface area contributed by atoms with Crippen LogP contribution < -0.4 is 19.7 Å². The standard InChI is InChI=1S/C24H30N2O4/c1-17(25-18(2)27)19-3-7-21(8-4-19)29-23-11-13-26(15-23)20-5-9-22(10-6-20)30-24-12-14-28-16-24/h3-10,17,23-24H,11-16H2,1-2H3,(H,25,27)/t17-,23?,24+/m0/s1. The number of anilines is 1. The van der Waals surface area contributed by atoms with Crippen LogP contribution in [0.2, 0.25) is 0 Å². The summed E-state index contributed by atoms with van der Waals surface area (Å²) < 4.78 is 17.5. The fourth-order valence-electron chi connectivity index (χ4n) is 4.01. The molecule has 4 rings (SSSR count). The van der Waals surface area contributed by atoms with Crippen LogP contribution in [0.25, 0.3) is 0 Å². The van der Waals surface area contributed by atoms with Crippen LogP contribution in [-0.2, 0) is 9.53 Å². The van der Waals surface area contributed by atoms with Crippen molar-refractivity contribution < 1.29 is 19.0 Å². The van der Waals surface area contributed by atoms with Crippen LogP contribution in [-0.4, -0.2) is 44.4 Å². The van der Waals surface area contributed by atoms with Gasteiger partial charge in [0.1, 0.15) is 23.7 Å². The first-order valence-electron chi connectivity index (χ1n) is 10.7. The number of nitrogens with one attached hydrogen (secondary N) is 1. The highest BCUT2D eigenvalue weighted by Crippen LogP contribution is 2.27. The number of benzene rings is 2. The van der Waals surface area contributed by atoms with Crippen molar-refractivity contribution in [1.29, 1.82) is 0 Å². The number of ether oxygens (including phenoxy) is 3. The largest absolute Gasteiger partial charge is 0.489 e. The Labute approximate surface area is 178 Å². The van der Waals surface area contributed by atoms with Crippen LogP contribution in [0.1, 0.15) is 38.3 Å². The molecule has 2 aliphatic heterocycles. The van der Waals surface area contributed by atoms with E-state index in [4.69, 9.17) is 14.2 Å². The molecule has 0 aliphatic carbocycles. The molecule has 0 aromatic heterocycles. The van der Waals surface area contributed by atoms with Crippen LogP contribution in [0.3, 0.4) is 0 Å². The lowest BCUT2D eigenvalue weighted by Crippen LogP contribution is -2.24. The van der Waals surface area contributed by atoms with E-state index in [-0.39, 0.29) is 24.2 Å². The summed E-state index contributed by atoms with van der Waals surface area (Å²) in [6.07, 6.45) is 2.28.